The van der Waals surface area contributed by atoms with Gasteiger partial charge in [0, 0.05) is 22.6 Å². The number of nitrogens with one attached hydrogen (secondary N) is 1. The molecule has 0 bridgehead atoms. The number of carboxylic acids is 1. The third-order valence-corrected chi connectivity index (χ3v) is 4.70. The van der Waals surface area contributed by atoms with Gasteiger partial charge in [0.25, 0.3) is 0 Å². The normalized spacial score (nSPS) is 22.8. The van der Waals surface area contributed by atoms with Crippen molar-refractivity contribution in [2.45, 2.75) is 38.1 Å². The van der Waals surface area contributed by atoms with Crippen LogP contribution < -0.4 is 5.32 Å². The van der Waals surface area contributed by atoms with Gasteiger partial charge in [-0.05, 0) is 31.1 Å². The number of amides is 1. The Labute approximate surface area is 102 Å². The molecule has 0 aromatic carbocycles. The Morgan fingerprint density at radius 3 is 2.47 bits per heavy atom. The summed E-state index contributed by atoms with van der Waals surface area (Å²) >= 11 is 0. The van der Waals surface area contributed by atoms with E-state index in [9.17, 15) is 13.8 Å². The predicted octanol–water partition coefficient (Wildman–Crippen LogP) is 0.269. The smallest absolute Gasteiger partial charge is 0.303 e. The zero-order valence-corrected chi connectivity index (χ0v) is 10.4. The molecule has 6 heteroatoms. The number of carbonyl (C=O) groups is 2. The van der Waals surface area contributed by atoms with Crippen LogP contribution in [0.3, 0.4) is 0 Å². The highest BCUT2D eigenvalue weighted by Crippen LogP contribution is 2.49. The highest BCUT2D eigenvalue weighted by atomic mass is 32.2. The van der Waals surface area contributed by atoms with E-state index in [0.29, 0.717) is 5.75 Å². The third kappa shape index (κ3) is 4.11. The summed E-state index contributed by atoms with van der Waals surface area (Å²) in [4.78, 5) is 22.0. The predicted molar refractivity (Wildman–Crippen MR) is 63.0 cm³/mol. The minimum Gasteiger partial charge on any atom is -0.481 e. The Balaban J connectivity index is 1.72. The zero-order chi connectivity index (χ0) is 12.5. The second-order valence-corrected chi connectivity index (χ2v) is 6.60. The maximum atomic E-state index is 11.7. The molecule has 1 unspecified atom stereocenters. The molecule has 0 heterocycles. The van der Waals surface area contributed by atoms with Crippen molar-refractivity contribution in [3.63, 3.8) is 0 Å². The summed E-state index contributed by atoms with van der Waals surface area (Å²) in [5.41, 5.74) is -0.295. The molecule has 2 N–H and O–H groups in total. The van der Waals surface area contributed by atoms with E-state index in [2.05, 4.69) is 5.32 Å². The molecule has 0 radical (unpaired) electrons. The number of rotatable bonds is 7. The number of hydrogen-bond acceptors (Lipinski definition) is 3. The van der Waals surface area contributed by atoms with Gasteiger partial charge in [-0.2, -0.15) is 0 Å². The Hall–Kier alpha value is -0.910. The van der Waals surface area contributed by atoms with Crippen LogP contribution in [-0.2, 0) is 20.4 Å². The molecule has 0 saturated heterocycles. The van der Waals surface area contributed by atoms with E-state index in [0.717, 1.165) is 25.7 Å². The van der Waals surface area contributed by atoms with Crippen LogP contribution in [0.4, 0.5) is 0 Å². The van der Waals surface area contributed by atoms with Crippen LogP contribution in [0.2, 0.25) is 0 Å². The summed E-state index contributed by atoms with van der Waals surface area (Å²) in [6.07, 6.45) is 3.73. The zero-order valence-electron chi connectivity index (χ0n) is 9.61. The Morgan fingerprint density at radius 2 is 2.00 bits per heavy atom. The van der Waals surface area contributed by atoms with Gasteiger partial charge < -0.3 is 10.4 Å². The van der Waals surface area contributed by atoms with Crippen LogP contribution in [0.5, 0.6) is 0 Å². The summed E-state index contributed by atoms with van der Waals surface area (Å²) in [6.45, 7) is 0. The molecular weight excluding hydrogens is 242 g/mol. The van der Waals surface area contributed by atoms with Crippen LogP contribution in [0.15, 0.2) is 0 Å². The Kier molecular flexibility index (Phi) is 3.51. The molecule has 0 aromatic heterocycles. The van der Waals surface area contributed by atoms with Gasteiger partial charge in [-0.1, -0.05) is 0 Å². The number of carbonyl (C=O) groups excluding carboxylic acids is 1. The van der Waals surface area contributed by atoms with E-state index in [4.69, 9.17) is 5.11 Å². The minimum atomic E-state index is -1.24. The number of carboxylic acid groups (broad SMARTS) is 1. The van der Waals surface area contributed by atoms with Crippen LogP contribution in [0, 0.1) is 5.41 Å². The lowest BCUT2D eigenvalue weighted by molar-refractivity contribution is -0.138. The lowest BCUT2D eigenvalue weighted by Crippen LogP contribution is -2.31. The van der Waals surface area contributed by atoms with Crippen molar-refractivity contribution in [2.24, 2.45) is 5.41 Å². The first kappa shape index (κ1) is 12.5. The average molecular weight is 259 g/mol. The van der Waals surface area contributed by atoms with E-state index in [-0.39, 0.29) is 29.5 Å². The summed E-state index contributed by atoms with van der Waals surface area (Å²) in [7, 11) is -1.24. The van der Waals surface area contributed by atoms with Gasteiger partial charge >= 0.3 is 5.97 Å². The molecule has 2 rings (SSSR count). The molecule has 0 spiro atoms. The monoisotopic (exact) mass is 259 g/mol. The quantitative estimate of drug-likeness (QED) is 0.687. The van der Waals surface area contributed by atoms with E-state index in [1.54, 1.807) is 0 Å². The number of hydrogen-bond donors (Lipinski definition) is 2. The van der Waals surface area contributed by atoms with Crippen molar-refractivity contribution in [1.82, 2.24) is 5.32 Å². The summed E-state index contributed by atoms with van der Waals surface area (Å²) in [5, 5.41) is 11.5. The molecule has 2 fully saturated rings. The van der Waals surface area contributed by atoms with E-state index in [1.807, 2.05) is 0 Å². The lowest BCUT2D eigenvalue weighted by Gasteiger charge is -2.11. The van der Waals surface area contributed by atoms with Crippen molar-refractivity contribution in [1.29, 1.82) is 0 Å². The molecule has 2 aliphatic carbocycles. The second-order valence-electron chi connectivity index (χ2n) is 5.14. The van der Waals surface area contributed by atoms with Crippen LogP contribution in [-0.4, -0.2) is 38.7 Å². The molecule has 2 aliphatic rings. The molecule has 1 amide bonds. The van der Waals surface area contributed by atoms with Crippen molar-refractivity contribution in [3.8, 4) is 0 Å². The Morgan fingerprint density at radius 1 is 1.35 bits per heavy atom. The molecule has 2 saturated carbocycles. The molecule has 17 heavy (non-hydrogen) atoms. The van der Waals surface area contributed by atoms with Crippen molar-refractivity contribution in [3.05, 3.63) is 0 Å². The maximum absolute atomic E-state index is 11.7. The van der Waals surface area contributed by atoms with E-state index < -0.39 is 16.8 Å². The van der Waals surface area contributed by atoms with Gasteiger partial charge in [0.05, 0.1) is 6.42 Å². The van der Waals surface area contributed by atoms with Gasteiger partial charge in [0.15, 0.2) is 0 Å². The maximum Gasteiger partial charge on any atom is 0.303 e. The Bertz CT molecular complexity index is 360. The van der Waals surface area contributed by atoms with Crippen LogP contribution in [0.1, 0.15) is 32.1 Å². The van der Waals surface area contributed by atoms with E-state index >= 15 is 0 Å². The molecule has 0 aliphatic heterocycles. The van der Waals surface area contributed by atoms with Gasteiger partial charge in [-0.25, -0.2) is 0 Å². The molecule has 1 atom stereocenters. The fourth-order valence-electron chi connectivity index (χ4n) is 1.91. The first-order chi connectivity index (χ1) is 7.99. The first-order valence-electron chi connectivity index (χ1n) is 5.85. The van der Waals surface area contributed by atoms with Crippen molar-refractivity contribution < 1.29 is 18.9 Å². The molecule has 96 valence electrons. The lowest BCUT2D eigenvalue weighted by atomic mass is 10.1. The largest absolute Gasteiger partial charge is 0.481 e. The fraction of sp³-hybridized carbons (Fsp3) is 0.818. The summed E-state index contributed by atoms with van der Waals surface area (Å²) in [6, 6.07) is 0.286. The second kappa shape index (κ2) is 4.76. The standard InChI is InChI=1S/C11H17NO4S/c13-9(12-8-1-2-8)6-17(16)7-11(3-4-11)5-10(14)15/h8H,1-7H2,(H,12,13)(H,14,15). The SMILES string of the molecule is O=C(O)CC1(CS(=O)CC(=O)NC2CC2)CC1. The fourth-order valence-corrected chi connectivity index (χ4v) is 3.46. The van der Waals surface area contributed by atoms with Crippen LogP contribution in [0.25, 0.3) is 0 Å². The van der Waals surface area contributed by atoms with E-state index in [1.165, 1.54) is 0 Å². The summed E-state index contributed by atoms with van der Waals surface area (Å²) < 4.78 is 11.7. The number of aliphatic carboxylic acids is 1. The van der Waals surface area contributed by atoms with Crippen molar-refractivity contribution in [2.75, 3.05) is 11.5 Å². The van der Waals surface area contributed by atoms with Gasteiger partial charge in [-0.3, -0.25) is 13.8 Å². The molecule has 5 nitrogen and oxygen atoms in total. The third-order valence-electron chi connectivity index (χ3n) is 3.19. The van der Waals surface area contributed by atoms with Gasteiger partial charge in [0.2, 0.25) is 5.91 Å². The first-order valence-corrected chi connectivity index (χ1v) is 7.34. The van der Waals surface area contributed by atoms with Gasteiger partial charge in [0.1, 0.15) is 5.75 Å². The van der Waals surface area contributed by atoms with Gasteiger partial charge in [-0.15, -0.1) is 0 Å². The van der Waals surface area contributed by atoms with Crippen LogP contribution >= 0.6 is 0 Å². The minimum absolute atomic E-state index is 0.0118. The summed E-state index contributed by atoms with van der Waals surface area (Å²) in [5.74, 6) is -0.659. The highest BCUT2D eigenvalue weighted by molar-refractivity contribution is 7.85. The topological polar surface area (TPSA) is 83.5 Å². The van der Waals surface area contributed by atoms with Crippen molar-refractivity contribution >= 4 is 22.7 Å². The molecule has 0 aromatic rings. The molecular formula is C11H17NO4S. The average Bonchev–Trinajstić information content (AvgIpc) is 3.03. The highest BCUT2D eigenvalue weighted by Gasteiger charge is 2.45.